The third-order valence-electron chi connectivity index (χ3n) is 6.37. The zero-order valence-corrected chi connectivity index (χ0v) is 19.5. The molecule has 0 bridgehead atoms. The second kappa shape index (κ2) is 8.25. The van der Waals surface area contributed by atoms with E-state index < -0.39 is 16.0 Å². The van der Waals surface area contributed by atoms with E-state index in [4.69, 9.17) is 0 Å². The van der Waals surface area contributed by atoms with Crippen LogP contribution in [0.1, 0.15) is 51.3 Å². The van der Waals surface area contributed by atoms with Crippen molar-refractivity contribution in [3.05, 3.63) is 88.8 Å². The lowest BCUT2D eigenvalue weighted by Crippen LogP contribution is -2.29. The fourth-order valence-corrected chi connectivity index (χ4v) is 5.83. The van der Waals surface area contributed by atoms with Gasteiger partial charge < -0.3 is 10.4 Å². The summed E-state index contributed by atoms with van der Waals surface area (Å²) in [4.78, 5) is 19.7. The molecule has 1 aromatic heterocycles. The van der Waals surface area contributed by atoms with E-state index in [1.165, 1.54) is 0 Å². The predicted molar refractivity (Wildman–Crippen MR) is 129 cm³/mol. The molecule has 0 spiro atoms. The number of hydrogen-bond donors (Lipinski definition) is 3. The smallest absolute Gasteiger partial charge is 0.335 e. The first-order valence-corrected chi connectivity index (χ1v) is 12.4. The average molecular weight is 477 g/mol. The fourth-order valence-electron chi connectivity index (χ4n) is 4.85. The highest BCUT2D eigenvalue weighted by molar-refractivity contribution is 7.92. The third-order valence-corrected chi connectivity index (χ3v) is 7.70. The van der Waals surface area contributed by atoms with Crippen molar-refractivity contribution in [1.29, 1.82) is 0 Å². The second-order valence-corrected chi connectivity index (χ2v) is 10.4. The summed E-state index contributed by atoms with van der Waals surface area (Å²) in [5.74, 6) is -0.663. The van der Waals surface area contributed by atoms with Crippen molar-refractivity contribution in [3.63, 3.8) is 0 Å². The number of allylic oxidation sites excluding steroid dienone is 2. The summed E-state index contributed by atoms with van der Waals surface area (Å²) < 4.78 is 28.7. The van der Waals surface area contributed by atoms with Gasteiger partial charge in [-0.15, -0.1) is 0 Å². The molecule has 0 saturated heterocycles. The molecule has 1 aliphatic heterocycles. The average Bonchev–Trinajstić information content (AvgIpc) is 3.27. The summed E-state index contributed by atoms with van der Waals surface area (Å²) in [5.41, 5.74) is 4.39. The predicted octanol–water partition coefficient (Wildman–Crippen LogP) is 4.42. The molecule has 2 aliphatic rings. The van der Waals surface area contributed by atoms with Gasteiger partial charge in [-0.2, -0.15) is 0 Å². The lowest BCUT2D eigenvalue weighted by molar-refractivity contribution is 0.0697. The molecule has 174 valence electrons. The van der Waals surface area contributed by atoms with Crippen LogP contribution in [0.3, 0.4) is 0 Å². The lowest BCUT2D eigenvalue weighted by atomic mass is 9.77. The maximum atomic E-state index is 13.1. The Morgan fingerprint density at radius 2 is 1.76 bits per heavy atom. The number of carboxylic acid groups (broad SMARTS) is 1. The summed E-state index contributed by atoms with van der Waals surface area (Å²) in [5, 5.41) is 12.7. The van der Waals surface area contributed by atoms with E-state index in [0.717, 1.165) is 23.2 Å². The zero-order valence-electron chi connectivity index (χ0n) is 18.7. The molecule has 0 radical (unpaired) electrons. The number of aromatic carboxylic acids is 1. The number of anilines is 2. The number of sulfonamides is 1. The topological polar surface area (TPSA) is 121 Å². The first-order chi connectivity index (χ1) is 16.2. The minimum Gasteiger partial charge on any atom is -0.478 e. The van der Waals surface area contributed by atoms with Crippen molar-refractivity contribution in [2.24, 2.45) is 5.92 Å². The van der Waals surface area contributed by atoms with Crippen molar-refractivity contribution in [2.75, 3.05) is 10.0 Å². The van der Waals surface area contributed by atoms with Crippen LogP contribution in [0.25, 0.3) is 0 Å². The Kier molecular flexibility index (Phi) is 5.36. The summed E-state index contributed by atoms with van der Waals surface area (Å²) in [6.45, 7) is 3.57. The monoisotopic (exact) mass is 476 g/mol. The summed E-state index contributed by atoms with van der Waals surface area (Å²) in [6.07, 6.45) is 5.08. The van der Waals surface area contributed by atoms with Gasteiger partial charge in [0.2, 0.25) is 5.95 Å². The number of aryl methyl sites for hydroxylation is 2. The molecule has 0 unspecified atom stereocenters. The van der Waals surface area contributed by atoms with Gasteiger partial charge in [0.15, 0.2) is 0 Å². The maximum Gasteiger partial charge on any atom is 0.335 e. The highest BCUT2D eigenvalue weighted by Gasteiger charge is 2.38. The number of aromatic nitrogens is 2. The highest BCUT2D eigenvalue weighted by Crippen LogP contribution is 2.50. The van der Waals surface area contributed by atoms with Gasteiger partial charge in [-0.25, -0.2) is 27.9 Å². The molecule has 3 atom stereocenters. The molecule has 34 heavy (non-hydrogen) atoms. The Labute approximate surface area is 197 Å². The van der Waals surface area contributed by atoms with Crippen molar-refractivity contribution >= 4 is 27.6 Å². The van der Waals surface area contributed by atoms with Crippen LogP contribution in [0.4, 0.5) is 11.6 Å². The lowest BCUT2D eigenvalue weighted by Gasteiger charge is -2.37. The van der Waals surface area contributed by atoms with Gasteiger partial charge in [-0.05, 0) is 73.7 Å². The van der Waals surface area contributed by atoms with Gasteiger partial charge >= 0.3 is 5.97 Å². The quantitative estimate of drug-likeness (QED) is 0.466. The molecule has 0 amide bonds. The Morgan fingerprint density at radius 1 is 1.06 bits per heavy atom. The number of benzene rings is 2. The highest BCUT2D eigenvalue weighted by atomic mass is 32.2. The van der Waals surface area contributed by atoms with E-state index in [1.54, 1.807) is 50.2 Å². The molecule has 2 aromatic carbocycles. The molecule has 2 heterocycles. The number of rotatable bonds is 5. The molecule has 0 saturated carbocycles. The van der Waals surface area contributed by atoms with Gasteiger partial charge in [0.05, 0.1) is 16.5 Å². The fraction of sp³-hybridized carbons (Fsp3) is 0.240. The Balaban J connectivity index is 1.47. The number of nitrogens with one attached hydrogen (secondary N) is 2. The zero-order chi connectivity index (χ0) is 24.0. The number of carboxylic acids is 1. The summed E-state index contributed by atoms with van der Waals surface area (Å²) in [7, 11) is -3.87. The van der Waals surface area contributed by atoms with Crippen LogP contribution < -0.4 is 10.0 Å². The van der Waals surface area contributed by atoms with Gasteiger partial charge in [-0.1, -0.05) is 24.3 Å². The van der Waals surface area contributed by atoms with Crippen LogP contribution >= 0.6 is 0 Å². The molecular weight excluding hydrogens is 452 g/mol. The van der Waals surface area contributed by atoms with Gasteiger partial charge in [-0.3, -0.25) is 0 Å². The van der Waals surface area contributed by atoms with E-state index in [9.17, 15) is 18.3 Å². The van der Waals surface area contributed by atoms with Gasteiger partial charge in [0.1, 0.15) is 0 Å². The number of nitrogens with zero attached hydrogens (tertiary/aromatic N) is 2. The summed E-state index contributed by atoms with van der Waals surface area (Å²) in [6, 6.07) is 13.7. The van der Waals surface area contributed by atoms with Crippen LogP contribution in [0.15, 0.2) is 65.6 Å². The molecule has 3 aromatic rings. The number of hydrogen-bond acceptors (Lipinski definition) is 6. The van der Waals surface area contributed by atoms with Crippen LogP contribution in [0.5, 0.6) is 0 Å². The van der Waals surface area contributed by atoms with Crippen molar-refractivity contribution in [2.45, 2.75) is 37.1 Å². The molecule has 9 heteroatoms. The van der Waals surface area contributed by atoms with E-state index >= 15 is 0 Å². The first-order valence-electron chi connectivity index (χ1n) is 11.0. The molecule has 3 N–H and O–H groups in total. The molecule has 1 aliphatic carbocycles. The Bertz CT molecular complexity index is 1400. The van der Waals surface area contributed by atoms with E-state index in [0.29, 0.717) is 11.4 Å². The van der Waals surface area contributed by atoms with Crippen LogP contribution in [-0.2, 0) is 10.0 Å². The Morgan fingerprint density at radius 3 is 2.44 bits per heavy atom. The van der Waals surface area contributed by atoms with E-state index in [1.807, 2.05) is 12.1 Å². The van der Waals surface area contributed by atoms with Gasteiger partial charge in [0, 0.05) is 23.0 Å². The van der Waals surface area contributed by atoms with Crippen LogP contribution in [0.2, 0.25) is 0 Å². The van der Waals surface area contributed by atoms with Crippen molar-refractivity contribution in [1.82, 2.24) is 9.97 Å². The van der Waals surface area contributed by atoms with Crippen molar-refractivity contribution < 1.29 is 18.3 Å². The van der Waals surface area contributed by atoms with Crippen molar-refractivity contribution in [3.8, 4) is 0 Å². The third kappa shape index (κ3) is 4.03. The molecular formula is C25H24N4O4S. The van der Waals surface area contributed by atoms with Crippen LogP contribution in [-0.4, -0.2) is 29.5 Å². The standard InChI is InChI=1S/C25H24N4O4S/c1-14-12-15(2)27-25(26-14)29-34(32,33)18-10-11-22-21(13-18)19-4-3-5-20(19)23(28-22)16-6-8-17(9-7-16)24(30)31/h3-4,6-13,19-20,23,28H,5H2,1-2H3,(H,30,31)(H,26,27,29)/t19-,20-,23+/m1/s1. The SMILES string of the molecule is Cc1cc(C)nc(NS(=O)(=O)c2ccc3c(c2)[C@@H]2C=CC[C@H]2[C@H](c2ccc(C(=O)O)cc2)N3)n1. The number of carbonyl (C=O) groups is 1. The Hall–Kier alpha value is -3.72. The second-order valence-electron chi connectivity index (χ2n) is 8.73. The van der Waals surface area contributed by atoms with Gasteiger partial charge in [0.25, 0.3) is 10.0 Å². The minimum absolute atomic E-state index is 0.0143. The maximum absolute atomic E-state index is 13.1. The van der Waals surface area contributed by atoms with E-state index in [-0.39, 0.29) is 34.3 Å². The molecule has 0 fully saturated rings. The van der Waals surface area contributed by atoms with Crippen LogP contribution in [0, 0.1) is 19.8 Å². The normalized spacial score (nSPS) is 20.8. The largest absolute Gasteiger partial charge is 0.478 e. The summed E-state index contributed by atoms with van der Waals surface area (Å²) >= 11 is 0. The molecule has 5 rings (SSSR count). The first kappa shape index (κ1) is 22.1. The van der Waals surface area contributed by atoms with E-state index in [2.05, 4.69) is 32.2 Å². The molecule has 8 nitrogen and oxygen atoms in total. The minimum atomic E-state index is -3.87. The number of fused-ring (bicyclic) bond motifs is 3.